The van der Waals surface area contributed by atoms with Gasteiger partial charge in [-0.25, -0.2) is 19.2 Å². The number of carbonyl (C=O) groups is 8. The number of carbonyl (C=O) groups excluding carboxylic acids is 8. The minimum Gasteiger partial charge on any atom is -0.465 e. The SMILES string of the molecule is C=CC(=O)OCC1C[C@@H]2C3CC(CC3CCC(=O)C=CC(=O)OCC3C[C@@H]4C5CC(CC5COC(=O)CCCCCCC5C(CCCCCC)CCC(CCCCCCCC)C5CCCCCCC(=O)OCC5CC6CC5[C@@H]5CC(COC(=O)C=CC(=O)CCC7CC8CC7[C@H]7CC(COC(=O)C(=C)C)C[C@@H]87)C[C@H]65)[C@@H]4C3)[C@@H]2C1. The average molecular weight is 1560 g/mol. The van der Waals surface area contributed by atoms with Gasteiger partial charge in [0.15, 0.2) is 11.6 Å². The number of hydrogen-bond acceptors (Lipinski definition) is 14. The number of esters is 6. The molecule has 630 valence electrons. The molecule has 0 heterocycles. The largest absolute Gasteiger partial charge is 0.465 e. The lowest BCUT2D eigenvalue weighted by atomic mass is 9.61. The standard InChI is InChI=1S/C99H150O14/c1-6-9-11-13-14-20-26-69-32-31-68(25-19-12-10-7-2)80(27-21-15-17-23-29-95(103)111-61-76-51-74-55-88(76)92-46-65(42-84(74)92)58-109-97(105)39-37-78(100)35-33-70-49-72-53-86(70)90-45-64(41-82(72)90)57-108-94(102)8-3)81(69)28-22-16-18-24-30-96(104)112-62-77-52-75-56-89(77)93-47-66(43-85(75)93)59-110-98(106)40-38-79(101)36-34-71-50-73-54-87(71)91-48-67(44-83(73)91)60-113-99(107)63(4)5/h8,37-40,64-77,80-93H,3-4,6-7,9-36,41-62H2,1-2,5H3/t64?,65?,66?,67?,68?,69?,70?,71?,72?,73?,74?,75?,76?,77?,80?,81?,82-,83-,84-,85+,86?,87?,88?,89?,90-,91-,92-,93+/m0/s1. The minimum absolute atomic E-state index is 0.00411. The number of rotatable bonds is 50. The second-order valence-corrected chi connectivity index (χ2v) is 40.5. The van der Waals surface area contributed by atoms with Crippen molar-refractivity contribution in [3.05, 3.63) is 49.1 Å². The van der Waals surface area contributed by atoms with Crippen molar-refractivity contribution in [1.29, 1.82) is 0 Å². The molecule has 0 spiro atoms. The first-order valence-corrected chi connectivity index (χ1v) is 47.7. The van der Waals surface area contributed by atoms with Crippen LogP contribution in [0.4, 0.5) is 0 Å². The number of unbranched alkanes of at least 4 members (excludes halogenated alkanes) is 14. The van der Waals surface area contributed by atoms with Crippen molar-refractivity contribution in [3.8, 4) is 0 Å². The molecule has 0 aromatic rings. The average Bonchev–Trinajstić information content (AvgIpc) is 1.61. The first-order chi connectivity index (χ1) is 55.0. The van der Waals surface area contributed by atoms with Crippen molar-refractivity contribution in [1.82, 2.24) is 0 Å². The van der Waals surface area contributed by atoms with E-state index in [1.807, 2.05) is 0 Å². The molecule has 0 aromatic heterocycles. The summed E-state index contributed by atoms with van der Waals surface area (Å²) in [5.41, 5.74) is 0.451. The highest BCUT2D eigenvalue weighted by molar-refractivity contribution is 5.96. The second-order valence-electron chi connectivity index (χ2n) is 40.5. The maximum atomic E-state index is 13.4. The third-order valence-electron chi connectivity index (χ3n) is 33.8. The third-order valence-corrected chi connectivity index (χ3v) is 33.8. The fourth-order valence-electron chi connectivity index (χ4n) is 28.9. The molecule has 13 fully saturated rings. The molecule has 13 rings (SSSR count). The molecule has 0 saturated heterocycles. The normalized spacial score (nSPS) is 36.9. The van der Waals surface area contributed by atoms with Gasteiger partial charge in [0.05, 0.1) is 39.6 Å². The lowest BCUT2D eigenvalue weighted by molar-refractivity contribution is -0.147. The summed E-state index contributed by atoms with van der Waals surface area (Å²) < 4.78 is 34.7. The maximum absolute atomic E-state index is 13.4. The summed E-state index contributed by atoms with van der Waals surface area (Å²) in [6.45, 7) is 16.5. The molecule has 13 saturated carbocycles. The molecule has 13 aliphatic carbocycles. The van der Waals surface area contributed by atoms with E-state index in [4.69, 9.17) is 28.4 Å². The molecule has 0 radical (unpaired) electrons. The third kappa shape index (κ3) is 22.7. The summed E-state index contributed by atoms with van der Waals surface area (Å²) in [5, 5.41) is 0. The Hall–Kier alpha value is -4.88. The zero-order valence-electron chi connectivity index (χ0n) is 70.5. The van der Waals surface area contributed by atoms with E-state index in [-0.39, 0.29) is 35.4 Å². The molecule has 28 atom stereocenters. The van der Waals surface area contributed by atoms with Crippen LogP contribution in [0.5, 0.6) is 0 Å². The van der Waals surface area contributed by atoms with Gasteiger partial charge in [-0.15, -0.1) is 0 Å². The molecule has 0 N–H and O–H groups in total. The van der Waals surface area contributed by atoms with E-state index in [0.717, 1.165) is 150 Å². The van der Waals surface area contributed by atoms with Gasteiger partial charge in [0.2, 0.25) is 0 Å². The molecule has 0 amide bonds. The van der Waals surface area contributed by atoms with Gasteiger partial charge in [-0.3, -0.25) is 19.2 Å². The summed E-state index contributed by atoms with van der Waals surface area (Å²) in [7, 11) is 0. The Morgan fingerprint density at radius 2 is 0.628 bits per heavy atom. The van der Waals surface area contributed by atoms with E-state index in [9.17, 15) is 38.4 Å². The highest BCUT2D eigenvalue weighted by Crippen LogP contribution is 2.67. The summed E-state index contributed by atoms with van der Waals surface area (Å²) in [6.07, 6.45) is 59.5. The van der Waals surface area contributed by atoms with Crippen LogP contribution in [-0.2, 0) is 66.8 Å². The van der Waals surface area contributed by atoms with Crippen LogP contribution in [0, 0.1) is 166 Å². The van der Waals surface area contributed by atoms with Crippen molar-refractivity contribution in [2.75, 3.05) is 39.6 Å². The Labute approximate surface area is 681 Å². The van der Waals surface area contributed by atoms with Gasteiger partial charge in [0.1, 0.15) is 0 Å². The molecule has 8 bridgehead atoms. The number of fused-ring (bicyclic) bond motifs is 20. The number of hydrogen-bond donors (Lipinski definition) is 0. The molecular formula is C99H150O14. The molecule has 14 heteroatoms. The zero-order chi connectivity index (χ0) is 78.9. The van der Waals surface area contributed by atoms with E-state index in [1.165, 1.54) is 197 Å². The van der Waals surface area contributed by atoms with Crippen molar-refractivity contribution < 1.29 is 66.8 Å². The number of ketones is 2. The van der Waals surface area contributed by atoms with Crippen LogP contribution >= 0.6 is 0 Å². The lowest BCUT2D eigenvalue weighted by Gasteiger charge is -2.44. The van der Waals surface area contributed by atoms with Crippen LogP contribution in [0.1, 0.15) is 316 Å². The van der Waals surface area contributed by atoms with Crippen LogP contribution in [0.3, 0.4) is 0 Å². The molecule has 0 aliphatic heterocycles. The van der Waals surface area contributed by atoms with E-state index in [1.54, 1.807) is 6.92 Å². The van der Waals surface area contributed by atoms with Crippen molar-refractivity contribution in [2.45, 2.75) is 316 Å². The molecule has 0 aromatic carbocycles. The first-order valence-electron chi connectivity index (χ1n) is 47.7. The quantitative estimate of drug-likeness (QED) is 0.0242. The fraction of sp³-hybridized carbons (Fsp3) is 0.838. The Balaban J connectivity index is 0.476. The molecule has 14 nitrogen and oxygen atoms in total. The van der Waals surface area contributed by atoms with Crippen LogP contribution < -0.4 is 0 Å². The van der Waals surface area contributed by atoms with Gasteiger partial charge in [0, 0.05) is 49.5 Å². The molecule has 13 aliphatic rings. The summed E-state index contributed by atoms with van der Waals surface area (Å²) in [5.74, 6) is 15.9. The molecular weight excluding hydrogens is 1410 g/mol. The Morgan fingerprint density at radius 1 is 0.301 bits per heavy atom. The molecule has 113 heavy (non-hydrogen) atoms. The van der Waals surface area contributed by atoms with Crippen LogP contribution in [-0.4, -0.2) is 87.0 Å². The minimum atomic E-state index is -0.415. The van der Waals surface area contributed by atoms with E-state index >= 15 is 0 Å². The van der Waals surface area contributed by atoms with Gasteiger partial charge in [0.25, 0.3) is 0 Å². The van der Waals surface area contributed by atoms with Crippen molar-refractivity contribution in [2.24, 2.45) is 166 Å². The summed E-state index contributed by atoms with van der Waals surface area (Å²) >= 11 is 0. The van der Waals surface area contributed by atoms with Gasteiger partial charge in [-0.05, 0) is 339 Å². The predicted octanol–water partition coefficient (Wildman–Crippen LogP) is 21.7. The lowest BCUT2D eigenvalue weighted by Crippen LogP contribution is -2.35. The summed E-state index contributed by atoms with van der Waals surface area (Å²) in [4.78, 5) is 102. The van der Waals surface area contributed by atoms with Gasteiger partial charge >= 0.3 is 35.8 Å². The zero-order valence-corrected chi connectivity index (χ0v) is 70.5. The van der Waals surface area contributed by atoms with Crippen LogP contribution in [0.2, 0.25) is 0 Å². The Kier molecular flexibility index (Phi) is 32.1. The van der Waals surface area contributed by atoms with Gasteiger partial charge in [-0.2, -0.15) is 0 Å². The maximum Gasteiger partial charge on any atom is 0.333 e. The second kappa shape index (κ2) is 42.2. The van der Waals surface area contributed by atoms with Crippen LogP contribution in [0.25, 0.3) is 0 Å². The number of allylic oxidation sites excluding steroid dienone is 2. The highest BCUT2D eigenvalue weighted by Gasteiger charge is 2.60. The smallest absolute Gasteiger partial charge is 0.333 e. The van der Waals surface area contributed by atoms with E-state index in [2.05, 4.69) is 27.0 Å². The highest BCUT2D eigenvalue weighted by atomic mass is 16.6. The van der Waals surface area contributed by atoms with E-state index < -0.39 is 11.9 Å². The van der Waals surface area contributed by atoms with E-state index in [0.29, 0.717) is 189 Å². The molecule has 20 unspecified atom stereocenters. The first kappa shape index (κ1) is 86.0. The summed E-state index contributed by atoms with van der Waals surface area (Å²) in [6, 6.07) is 0. The van der Waals surface area contributed by atoms with Crippen molar-refractivity contribution in [3.63, 3.8) is 0 Å². The Morgan fingerprint density at radius 3 is 1.02 bits per heavy atom. The van der Waals surface area contributed by atoms with Gasteiger partial charge < -0.3 is 28.4 Å². The van der Waals surface area contributed by atoms with Gasteiger partial charge in [-0.1, -0.05) is 143 Å². The topological polar surface area (TPSA) is 192 Å². The monoisotopic (exact) mass is 1560 g/mol. The van der Waals surface area contributed by atoms with Crippen LogP contribution in [0.15, 0.2) is 49.1 Å². The van der Waals surface area contributed by atoms with Crippen molar-refractivity contribution >= 4 is 47.4 Å². The predicted molar refractivity (Wildman–Crippen MR) is 441 cm³/mol. The number of ether oxygens (including phenoxy) is 6. The fourth-order valence-corrected chi connectivity index (χ4v) is 28.9. The Bertz CT molecular complexity index is 3240.